The molecule has 0 aromatic heterocycles. The van der Waals surface area contributed by atoms with Crippen molar-refractivity contribution in [1.29, 1.82) is 0 Å². The van der Waals surface area contributed by atoms with Crippen molar-refractivity contribution in [3.05, 3.63) is 23.8 Å². The number of nitrogens with one attached hydrogen (secondary N) is 1. The van der Waals surface area contributed by atoms with Gasteiger partial charge in [-0.15, -0.1) is 0 Å². The topological polar surface area (TPSA) is 88.1 Å². The Bertz CT molecular complexity index is 734. The van der Waals surface area contributed by atoms with Crippen molar-refractivity contribution in [2.75, 3.05) is 43.6 Å². The molecule has 0 radical (unpaired) electrons. The van der Waals surface area contributed by atoms with Crippen LogP contribution < -0.4 is 10.1 Å². The molecule has 0 saturated heterocycles. The molecule has 1 aromatic carbocycles. The van der Waals surface area contributed by atoms with Crippen molar-refractivity contribution < 1.29 is 24.2 Å². The fourth-order valence-corrected chi connectivity index (χ4v) is 4.65. The Balaban J connectivity index is 1.57. The summed E-state index contributed by atoms with van der Waals surface area (Å²) in [6.45, 7) is 3.65. The first-order chi connectivity index (χ1) is 14.0. The van der Waals surface area contributed by atoms with Gasteiger partial charge in [-0.2, -0.15) is 0 Å². The average molecular weight is 469 g/mol. The third-order valence-corrected chi connectivity index (χ3v) is 6.32. The minimum absolute atomic E-state index is 0.0606. The van der Waals surface area contributed by atoms with Gasteiger partial charge in [0.2, 0.25) is 11.8 Å². The van der Waals surface area contributed by atoms with Crippen LogP contribution in [0.25, 0.3) is 0 Å². The van der Waals surface area contributed by atoms with E-state index < -0.39 is 5.41 Å². The van der Waals surface area contributed by atoms with Crippen molar-refractivity contribution in [2.45, 2.75) is 44.1 Å². The van der Waals surface area contributed by atoms with Gasteiger partial charge in [-0.05, 0) is 56.4 Å². The van der Waals surface area contributed by atoms with E-state index in [1.54, 1.807) is 4.90 Å². The van der Waals surface area contributed by atoms with Crippen LogP contribution >= 0.6 is 15.9 Å². The maximum Gasteiger partial charge on any atom is 0.235 e. The number of hydrogen-bond acceptors (Lipinski definition) is 5. The van der Waals surface area contributed by atoms with Crippen LogP contribution in [0.1, 0.15) is 38.2 Å². The number of carbonyl (C=O) groups is 2. The van der Waals surface area contributed by atoms with Gasteiger partial charge in [-0.25, -0.2) is 0 Å². The van der Waals surface area contributed by atoms with Gasteiger partial charge >= 0.3 is 0 Å². The molecule has 29 heavy (non-hydrogen) atoms. The van der Waals surface area contributed by atoms with Crippen molar-refractivity contribution in [2.24, 2.45) is 0 Å². The quantitative estimate of drug-likeness (QED) is 0.543. The number of halogens is 1. The summed E-state index contributed by atoms with van der Waals surface area (Å²) in [6, 6.07) is 5.81. The lowest BCUT2D eigenvalue weighted by atomic mass is 9.69. The van der Waals surface area contributed by atoms with Crippen LogP contribution in [0, 0.1) is 0 Å². The van der Waals surface area contributed by atoms with E-state index in [1.807, 2.05) is 25.1 Å². The number of aliphatic hydroxyl groups excluding tert-OH is 1. The second-order valence-electron chi connectivity index (χ2n) is 7.48. The lowest BCUT2D eigenvalue weighted by molar-refractivity contribution is -0.130. The third-order valence-electron chi connectivity index (χ3n) is 5.84. The molecule has 1 saturated carbocycles. The zero-order valence-corrected chi connectivity index (χ0v) is 18.4. The summed E-state index contributed by atoms with van der Waals surface area (Å²) in [7, 11) is 0. The van der Waals surface area contributed by atoms with E-state index >= 15 is 0 Å². The van der Waals surface area contributed by atoms with Crippen LogP contribution in [0.2, 0.25) is 0 Å². The molecule has 8 heteroatoms. The van der Waals surface area contributed by atoms with E-state index in [4.69, 9.17) is 14.6 Å². The van der Waals surface area contributed by atoms with E-state index in [2.05, 4.69) is 21.2 Å². The van der Waals surface area contributed by atoms with E-state index in [-0.39, 0.29) is 29.9 Å². The van der Waals surface area contributed by atoms with Crippen LogP contribution in [0.4, 0.5) is 5.69 Å². The minimum atomic E-state index is -0.503. The van der Waals surface area contributed by atoms with Crippen LogP contribution in [0.15, 0.2) is 18.2 Å². The largest absolute Gasteiger partial charge is 0.494 e. The highest BCUT2D eigenvalue weighted by Gasteiger charge is 2.49. The van der Waals surface area contributed by atoms with Crippen molar-refractivity contribution >= 4 is 33.4 Å². The maximum atomic E-state index is 12.8. The number of fused-ring (bicyclic) bond motifs is 2. The van der Waals surface area contributed by atoms with Crippen LogP contribution in [0.5, 0.6) is 5.75 Å². The van der Waals surface area contributed by atoms with Crippen molar-refractivity contribution in [3.63, 3.8) is 0 Å². The van der Waals surface area contributed by atoms with Gasteiger partial charge in [0.15, 0.2) is 0 Å². The minimum Gasteiger partial charge on any atom is -0.494 e. The van der Waals surface area contributed by atoms with Crippen LogP contribution in [-0.2, 0) is 19.7 Å². The number of ether oxygens (including phenoxy) is 2. The monoisotopic (exact) mass is 468 g/mol. The van der Waals surface area contributed by atoms with Gasteiger partial charge in [-0.1, -0.05) is 15.9 Å². The summed E-state index contributed by atoms with van der Waals surface area (Å²) in [5.41, 5.74) is 1.41. The molecule has 1 spiro atoms. The van der Waals surface area contributed by atoms with E-state index in [0.717, 1.165) is 42.7 Å². The smallest absolute Gasteiger partial charge is 0.235 e. The van der Waals surface area contributed by atoms with E-state index in [1.165, 1.54) is 0 Å². The number of carbonyl (C=O) groups excluding carboxylic acids is 2. The summed E-state index contributed by atoms with van der Waals surface area (Å²) in [5, 5.41) is 12.4. The van der Waals surface area contributed by atoms with Gasteiger partial charge in [0.05, 0.1) is 36.7 Å². The van der Waals surface area contributed by atoms with E-state index in [9.17, 15) is 9.59 Å². The number of benzene rings is 1. The first kappa shape index (κ1) is 22.1. The second kappa shape index (κ2) is 9.91. The Morgan fingerprint density at radius 2 is 2.10 bits per heavy atom. The fraction of sp³-hybridized carbons (Fsp3) is 0.619. The van der Waals surface area contributed by atoms with Crippen LogP contribution in [-0.4, -0.2) is 66.2 Å². The molecule has 0 unspecified atom stereocenters. The molecule has 2 N–H and O–H groups in total. The molecular formula is C21H29BrN2O5. The highest BCUT2D eigenvalue weighted by atomic mass is 79.9. The number of aliphatic hydroxyl groups is 1. The third kappa shape index (κ3) is 4.75. The second-order valence-corrected chi connectivity index (χ2v) is 8.05. The molecule has 7 nitrogen and oxygen atoms in total. The number of nitrogens with zero attached hydrogens (tertiary/aromatic N) is 1. The number of alkyl halides is 1. The molecule has 0 bridgehead atoms. The Morgan fingerprint density at radius 1 is 1.34 bits per heavy atom. The Kier molecular flexibility index (Phi) is 7.54. The molecule has 2 aliphatic rings. The molecule has 0 atom stereocenters. The Labute approximate surface area is 179 Å². The summed E-state index contributed by atoms with van der Waals surface area (Å²) in [4.78, 5) is 26.2. The molecule has 1 aliphatic carbocycles. The van der Waals surface area contributed by atoms with Gasteiger partial charge in [0.1, 0.15) is 5.75 Å². The normalized spacial score (nSPS) is 23.0. The Morgan fingerprint density at radius 3 is 2.76 bits per heavy atom. The molecule has 2 amide bonds. The zero-order chi connectivity index (χ0) is 20.9. The Hall–Kier alpha value is -1.64. The summed E-state index contributed by atoms with van der Waals surface area (Å²) in [5.74, 6) is 0.798. The fourth-order valence-electron chi connectivity index (χ4n) is 4.29. The van der Waals surface area contributed by atoms with Gasteiger partial charge in [-0.3, -0.25) is 9.59 Å². The van der Waals surface area contributed by atoms with Gasteiger partial charge in [0, 0.05) is 18.8 Å². The SMILES string of the molecule is CCOc1ccc2c(c1)C1(CCC(OCCN(CCO)C(=O)CBr)CC1)C(=O)N2. The first-order valence-corrected chi connectivity index (χ1v) is 11.3. The van der Waals surface area contributed by atoms with Crippen molar-refractivity contribution in [3.8, 4) is 5.75 Å². The molecule has 1 aromatic rings. The van der Waals surface area contributed by atoms with Gasteiger partial charge in [0.25, 0.3) is 0 Å². The lowest BCUT2D eigenvalue weighted by Gasteiger charge is -2.36. The van der Waals surface area contributed by atoms with E-state index in [0.29, 0.717) is 26.3 Å². The number of rotatable bonds is 9. The summed E-state index contributed by atoms with van der Waals surface area (Å²) >= 11 is 3.16. The molecule has 160 valence electrons. The molecule has 1 heterocycles. The van der Waals surface area contributed by atoms with Crippen molar-refractivity contribution in [1.82, 2.24) is 4.90 Å². The molecular weight excluding hydrogens is 440 g/mol. The number of hydrogen-bond donors (Lipinski definition) is 2. The lowest BCUT2D eigenvalue weighted by Crippen LogP contribution is -2.41. The molecule has 1 fully saturated rings. The maximum absolute atomic E-state index is 12.8. The highest BCUT2D eigenvalue weighted by Crippen LogP contribution is 2.48. The summed E-state index contributed by atoms with van der Waals surface area (Å²) < 4.78 is 11.6. The zero-order valence-electron chi connectivity index (χ0n) is 16.8. The predicted molar refractivity (Wildman–Crippen MR) is 114 cm³/mol. The summed E-state index contributed by atoms with van der Waals surface area (Å²) in [6.07, 6.45) is 3.11. The van der Waals surface area contributed by atoms with Crippen LogP contribution in [0.3, 0.4) is 0 Å². The number of amides is 2. The number of anilines is 1. The first-order valence-electron chi connectivity index (χ1n) is 10.2. The standard InChI is InChI=1S/C21H29BrN2O5/c1-2-28-16-3-4-18-17(13-16)21(20(27)23-18)7-5-15(6-8-21)29-12-10-24(9-11-25)19(26)14-22/h3-4,13,15,25H,2,5-12,14H2,1H3,(H,23,27). The molecule has 3 rings (SSSR count). The predicted octanol–water partition coefficient (Wildman–Crippen LogP) is 2.45. The highest BCUT2D eigenvalue weighted by molar-refractivity contribution is 9.09. The average Bonchev–Trinajstić information content (AvgIpc) is 2.99. The molecule has 1 aliphatic heterocycles. The van der Waals surface area contributed by atoms with Gasteiger partial charge < -0.3 is 24.8 Å².